The van der Waals surface area contributed by atoms with Crippen LogP contribution in [0.15, 0.2) is 47.6 Å². The van der Waals surface area contributed by atoms with E-state index in [0.29, 0.717) is 11.8 Å². The van der Waals surface area contributed by atoms with Gasteiger partial charge in [-0.3, -0.25) is 4.98 Å². The van der Waals surface area contributed by atoms with Crippen LogP contribution in [0.3, 0.4) is 0 Å². The van der Waals surface area contributed by atoms with Crippen LogP contribution in [0.5, 0.6) is 0 Å². The first kappa shape index (κ1) is 18.4. The third-order valence-corrected chi connectivity index (χ3v) is 7.26. The van der Waals surface area contributed by atoms with E-state index in [9.17, 15) is 0 Å². The summed E-state index contributed by atoms with van der Waals surface area (Å²) >= 11 is 0. The highest BCUT2D eigenvalue weighted by molar-refractivity contribution is 5.63. The van der Waals surface area contributed by atoms with Crippen molar-refractivity contribution in [3.8, 4) is 17.1 Å². The molecule has 0 amide bonds. The van der Waals surface area contributed by atoms with Crippen LogP contribution >= 0.6 is 0 Å². The number of aryl methyl sites for hydroxylation is 1. The monoisotopic (exact) mass is 412 g/mol. The van der Waals surface area contributed by atoms with Crippen molar-refractivity contribution in [1.82, 2.24) is 29.9 Å². The summed E-state index contributed by atoms with van der Waals surface area (Å²) in [7, 11) is 0. The maximum absolute atomic E-state index is 5.65. The van der Waals surface area contributed by atoms with Crippen LogP contribution < -0.4 is 0 Å². The van der Waals surface area contributed by atoms with Gasteiger partial charge in [0.25, 0.3) is 0 Å². The van der Waals surface area contributed by atoms with Crippen molar-refractivity contribution in [1.29, 1.82) is 0 Å². The molecule has 4 aromatic rings. The molecular weight excluding hydrogens is 388 g/mol. The van der Waals surface area contributed by atoms with Crippen molar-refractivity contribution in [2.24, 2.45) is 5.92 Å². The van der Waals surface area contributed by atoms with Crippen molar-refractivity contribution in [3.05, 3.63) is 71.4 Å². The average molecular weight is 412 g/mol. The van der Waals surface area contributed by atoms with Crippen LogP contribution in [0.1, 0.15) is 54.5 Å². The molecule has 4 aromatic heterocycles. The van der Waals surface area contributed by atoms with Gasteiger partial charge < -0.3 is 4.52 Å². The van der Waals surface area contributed by atoms with E-state index in [2.05, 4.69) is 44.7 Å². The zero-order valence-corrected chi connectivity index (χ0v) is 17.9. The predicted molar refractivity (Wildman–Crippen MR) is 115 cm³/mol. The number of hydrogen-bond acceptors (Lipinski definition) is 6. The number of hydrogen-bond donors (Lipinski definition) is 0. The second-order valence-electron chi connectivity index (χ2n) is 9.08. The Hall–Kier alpha value is -3.35. The maximum atomic E-state index is 5.65. The maximum Gasteiger partial charge on any atom is 0.143 e. The van der Waals surface area contributed by atoms with Crippen LogP contribution in [0.2, 0.25) is 0 Å². The number of nitrogens with zero attached hydrogens (tertiary/aromatic N) is 6. The fraction of sp³-hybridized carbons (Fsp3) is 0.375. The molecule has 0 bridgehead atoms. The molecule has 0 fully saturated rings. The second kappa shape index (κ2) is 6.57. The Morgan fingerprint density at radius 3 is 2.84 bits per heavy atom. The lowest BCUT2D eigenvalue weighted by molar-refractivity contribution is 0.170. The molecule has 0 aromatic carbocycles. The van der Waals surface area contributed by atoms with Gasteiger partial charge in [-0.2, -0.15) is 5.10 Å². The molecule has 2 aliphatic carbocycles. The van der Waals surface area contributed by atoms with Gasteiger partial charge in [-0.05, 0) is 50.3 Å². The molecule has 6 rings (SSSR count). The van der Waals surface area contributed by atoms with E-state index >= 15 is 0 Å². The van der Waals surface area contributed by atoms with E-state index in [4.69, 9.17) is 9.62 Å². The van der Waals surface area contributed by atoms with Gasteiger partial charge in [0.1, 0.15) is 17.8 Å². The third kappa shape index (κ3) is 2.62. The van der Waals surface area contributed by atoms with Gasteiger partial charge in [0.2, 0.25) is 0 Å². The van der Waals surface area contributed by atoms with Crippen LogP contribution in [-0.4, -0.2) is 29.9 Å². The van der Waals surface area contributed by atoms with Crippen LogP contribution in [-0.2, 0) is 18.3 Å². The van der Waals surface area contributed by atoms with E-state index in [1.807, 2.05) is 31.5 Å². The largest absolute Gasteiger partial charge is 0.361 e. The molecule has 3 atom stereocenters. The number of fused-ring (bicyclic) bond motifs is 4. The summed E-state index contributed by atoms with van der Waals surface area (Å²) < 4.78 is 7.76. The number of pyridine rings is 1. The highest BCUT2D eigenvalue weighted by atomic mass is 16.5. The Morgan fingerprint density at radius 2 is 2.06 bits per heavy atom. The molecule has 0 spiro atoms. The number of aromatic nitrogens is 6. The molecule has 7 nitrogen and oxygen atoms in total. The zero-order valence-electron chi connectivity index (χ0n) is 17.9. The lowest BCUT2D eigenvalue weighted by Gasteiger charge is -2.47. The molecule has 0 saturated heterocycles. The molecule has 2 aliphatic rings. The summed E-state index contributed by atoms with van der Waals surface area (Å²) in [6.45, 7) is 6.66. The summed E-state index contributed by atoms with van der Waals surface area (Å²) in [6, 6.07) is 6.08. The van der Waals surface area contributed by atoms with Crippen molar-refractivity contribution >= 4 is 0 Å². The lowest BCUT2D eigenvalue weighted by Crippen LogP contribution is -2.45. The Morgan fingerprint density at radius 1 is 1.16 bits per heavy atom. The molecule has 0 saturated carbocycles. The molecule has 156 valence electrons. The first-order chi connectivity index (χ1) is 15.1. The minimum absolute atomic E-state index is 0.0886. The van der Waals surface area contributed by atoms with Crippen LogP contribution in [0, 0.1) is 12.8 Å². The molecular formula is C24H24N6O. The van der Waals surface area contributed by atoms with Crippen LogP contribution in [0.4, 0.5) is 0 Å². The normalized spacial score (nSPS) is 24.4. The van der Waals surface area contributed by atoms with Crippen LogP contribution in [0.25, 0.3) is 17.1 Å². The molecule has 0 unspecified atom stereocenters. The first-order valence-corrected chi connectivity index (χ1v) is 10.8. The minimum Gasteiger partial charge on any atom is -0.361 e. The zero-order chi connectivity index (χ0) is 21.2. The van der Waals surface area contributed by atoms with Gasteiger partial charge in [0.05, 0.1) is 29.5 Å². The Bertz CT molecular complexity index is 1260. The summed E-state index contributed by atoms with van der Waals surface area (Å²) in [6.07, 6.45) is 10.1. The van der Waals surface area contributed by atoms with E-state index in [0.717, 1.165) is 47.8 Å². The van der Waals surface area contributed by atoms with Gasteiger partial charge >= 0.3 is 0 Å². The Kier molecular flexibility index (Phi) is 3.91. The van der Waals surface area contributed by atoms with Crippen molar-refractivity contribution in [2.75, 3.05) is 0 Å². The Balaban J connectivity index is 1.61. The highest BCUT2D eigenvalue weighted by Crippen LogP contribution is 2.55. The Labute approximate surface area is 180 Å². The van der Waals surface area contributed by atoms with Gasteiger partial charge in [-0.15, -0.1) is 0 Å². The topological polar surface area (TPSA) is 82.5 Å². The van der Waals surface area contributed by atoms with E-state index in [-0.39, 0.29) is 5.41 Å². The highest BCUT2D eigenvalue weighted by Gasteiger charge is 2.51. The lowest BCUT2D eigenvalue weighted by atomic mass is 9.56. The molecule has 31 heavy (non-hydrogen) atoms. The van der Waals surface area contributed by atoms with Gasteiger partial charge in [-0.25, -0.2) is 14.6 Å². The third-order valence-electron chi connectivity index (χ3n) is 7.26. The van der Waals surface area contributed by atoms with E-state index < -0.39 is 0 Å². The van der Waals surface area contributed by atoms with Gasteiger partial charge in [0.15, 0.2) is 0 Å². The smallest absolute Gasteiger partial charge is 0.143 e. The van der Waals surface area contributed by atoms with E-state index in [1.54, 1.807) is 12.5 Å². The SMILES string of the molecule is Cc1ccc(-n2nc(-c3ccncn3)c3c2[C@]2(C)Cc4cnoc4[C@H](C)[C@H]2CC3)cn1. The number of rotatable bonds is 2. The molecule has 0 aliphatic heterocycles. The summed E-state index contributed by atoms with van der Waals surface area (Å²) in [5.41, 5.74) is 7.44. The molecule has 7 heteroatoms. The van der Waals surface area contributed by atoms with Crippen molar-refractivity contribution < 1.29 is 4.52 Å². The first-order valence-electron chi connectivity index (χ1n) is 10.8. The van der Waals surface area contributed by atoms with E-state index in [1.165, 1.54) is 16.8 Å². The average Bonchev–Trinajstić information content (AvgIpc) is 3.40. The van der Waals surface area contributed by atoms with Crippen molar-refractivity contribution in [2.45, 2.75) is 51.4 Å². The fourth-order valence-corrected chi connectivity index (χ4v) is 5.85. The van der Waals surface area contributed by atoms with Gasteiger partial charge in [0, 0.05) is 34.4 Å². The summed E-state index contributed by atoms with van der Waals surface area (Å²) in [4.78, 5) is 13.2. The fourth-order valence-electron chi connectivity index (χ4n) is 5.85. The minimum atomic E-state index is -0.0886. The molecule has 0 N–H and O–H groups in total. The molecule has 0 radical (unpaired) electrons. The summed E-state index contributed by atoms with van der Waals surface area (Å²) in [5.74, 6) is 1.81. The van der Waals surface area contributed by atoms with Gasteiger partial charge in [-0.1, -0.05) is 19.0 Å². The quantitative estimate of drug-likeness (QED) is 0.491. The second-order valence-corrected chi connectivity index (χ2v) is 9.08. The predicted octanol–water partition coefficient (Wildman–Crippen LogP) is 4.20. The van der Waals surface area contributed by atoms with Crippen molar-refractivity contribution in [3.63, 3.8) is 0 Å². The molecule has 4 heterocycles. The standard InChI is InChI=1S/C24H24N6O/c1-14-4-5-17(12-26-14)30-23-18(21(29-30)20-8-9-25-13-27-20)6-7-19-15(2)22-16(11-28-31-22)10-24(19,23)3/h4-5,8-9,11-13,15,19H,6-7,10H2,1-3H3/t15-,19-,24-/m1/s1. The summed E-state index contributed by atoms with van der Waals surface area (Å²) in [5, 5.41) is 9.23.